The van der Waals surface area contributed by atoms with Crippen molar-refractivity contribution < 1.29 is 13.7 Å². The van der Waals surface area contributed by atoms with E-state index in [2.05, 4.69) is 0 Å². The number of aromatic nitrogens is 2. The SMILES string of the molecule is COc1ccc(-[n+]2cc3cccc4ccn(c2=O)c43)c(F)c1. The topological polar surface area (TPSA) is 34.6 Å². The first kappa shape index (κ1) is 12.8. The summed E-state index contributed by atoms with van der Waals surface area (Å²) >= 11 is 0. The van der Waals surface area contributed by atoms with Gasteiger partial charge in [0.2, 0.25) is 0 Å². The number of hydrogen-bond acceptors (Lipinski definition) is 2. The molecule has 0 N–H and O–H groups in total. The Morgan fingerprint density at radius 2 is 1.95 bits per heavy atom. The predicted octanol–water partition coefficient (Wildman–Crippen LogP) is 2.31. The van der Waals surface area contributed by atoms with Crippen LogP contribution in [0.5, 0.6) is 5.75 Å². The van der Waals surface area contributed by atoms with Crippen LogP contribution in [0.1, 0.15) is 0 Å². The van der Waals surface area contributed by atoms with E-state index in [1.54, 1.807) is 18.5 Å². The maximum atomic E-state index is 14.3. The third-order valence-electron chi connectivity index (χ3n) is 3.84. The Labute approximate surface area is 125 Å². The van der Waals surface area contributed by atoms with E-state index in [0.717, 1.165) is 16.3 Å². The quantitative estimate of drug-likeness (QED) is 0.532. The smallest absolute Gasteiger partial charge is 0.497 e. The highest BCUT2D eigenvalue weighted by molar-refractivity contribution is 5.95. The molecular formula is C17H12FN2O2+. The second kappa shape index (κ2) is 4.53. The van der Waals surface area contributed by atoms with Crippen molar-refractivity contribution >= 4 is 16.3 Å². The lowest BCUT2D eigenvalue weighted by Crippen LogP contribution is -2.50. The van der Waals surface area contributed by atoms with Crippen LogP contribution in [0.15, 0.2) is 59.7 Å². The fourth-order valence-electron chi connectivity index (χ4n) is 2.78. The van der Waals surface area contributed by atoms with Crippen LogP contribution in [0.25, 0.3) is 22.0 Å². The summed E-state index contributed by atoms with van der Waals surface area (Å²) in [5.41, 5.74) is 0.734. The molecule has 0 bridgehead atoms. The van der Waals surface area contributed by atoms with E-state index in [4.69, 9.17) is 4.74 Å². The largest absolute Gasteiger partial charge is 0.508 e. The molecule has 0 saturated heterocycles. The minimum Gasteiger partial charge on any atom is -0.497 e. The lowest BCUT2D eigenvalue weighted by Gasteiger charge is -2.04. The van der Waals surface area contributed by atoms with Gasteiger partial charge in [0.05, 0.1) is 12.5 Å². The van der Waals surface area contributed by atoms with E-state index >= 15 is 0 Å². The average Bonchev–Trinajstić information content (AvgIpc) is 2.97. The minimum absolute atomic E-state index is 0.196. The monoisotopic (exact) mass is 295 g/mol. The predicted molar refractivity (Wildman–Crippen MR) is 80.4 cm³/mol. The molecule has 2 aromatic carbocycles. The van der Waals surface area contributed by atoms with Gasteiger partial charge in [0.25, 0.3) is 0 Å². The molecule has 0 aliphatic heterocycles. The van der Waals surface area contributed by atoms with Gasteiger partial charge in [-0.1, -0.05) is 12.1 Å². The molecule has 108 valence electrons. The maximum absolute atomic E-state index is 14.3. The summed E-state index contributed by atoms with van der Waals surface area (Å²) in [6.45, 7) is 0. The van der Waals surface area contributed by atoms with Crippen LogP contribution in [-0.2, 0) is 0 Å². The van der Waals surface area contributed by atoms with Crippen molar-refractivity contribution in [2.75, 3.05) is 7.11 Å². The molecule has 4 nitrogen and oxygen atoms in total. The molecule has 4 aromatic rings. The molecular weight excluding hydrogens is 283 g/mol. The summed E-state index contributed by atoms with van der Waals surface area (Å²) in [5.74, 6) is -0.0961. The van der Waals surface area contributed by atoms with Crippen LogP contribution in [0.4, 0.5) is 4.39 Å². The Morgan fingerprint density at radius 1 is 1.14 bits per heavy atom. The van der Waals surface area contributed by atoms with Crippen molar-refractivity contribution in [3.05, 3.63) is 71.2 Å². The van der Waals surface area contributed by atoms with E-state index in [9.17, 15) is 9.18 Å². The first-order valence-corrected chi connectivity index (χ1v) is 6.81. The number of methoxy groups -OCH3 is 1. The minimum atomic E-state index is -0.508. The summed E-state index contributed by atoms with van der Waals surface area (Å²) in [6, 6.07) is 12.1. The molecule has 0 aliphatic carbocycles. The number of para-hydroxylation sites is 1. The van der Waals surface area contributed by atoms with Gasteiger partial charge in [-0.2, -0.15) is 13.8 Å². The third-order valence-corrected chi connectivity index (χ3v) is 3.84. The molecule has 2 aromatic heterocycles. The van der Waals surface area contributed by atoms with Gasteiger partial charge in [-0.3, -0.25) is 0 Å². The Morgan fingerprint density at radius 3 is 2.73 bits per heavy atom. The number of ether oxygens (including phenoxy) is 1. The average molecular weight is 295 g/mol. The summed E-state index contributed by atoms with van der Waals surface area (Å²) in [6.07, 6.45) is 3.37. The number of nitrogens with zero attached hydrogens (tertiary/aromatic N) is 2. The second-order valence-electron chi connectivity index (χ2n) is 5.07. The van der Waals surface area contributed by atoms with E-state index < -0.39 is 5.82 Å². The Balaban J connectivity index is 2.07. The van der Waals surface area contributed by atoms with E-state index in [-0.39, 0.29) is 11.4 Å². The fourth-order valence-corrected chi connectivity index (χ4v) is 2.78. The van der Waals surface area contributed by atoms with Crippen molar-refractivity contribution in [2.45, 2.75) is 0 Å². The van der Waals surface area contributed by atoms with Crippen LogP contribution in [0.2, 0.25) is 0 Å². The maximum Gasteiger partial charge on any atom is 0.508 e. The normalized spacial score (nSPS) is 11.4. The van der Waals surface area contributed by atoms with Crippen LogP contribution >= 0.6 is 0 Å². The molecule has 0 fully saturated rings. The molecule has 4 rings (SSSR count). The molecule has 22 heavy (non-hydrogen) atoms. The van der Waals surface area contributed by atoms with Gasteiger partial charge in [0.15, 0.2) is 17.0 Å². The highest BCUT2D eigenvalue weighted by Gasteiger charge is 2.20. The summed E-state index contributed by atoms with van der Waals surface area (Å²) in [7, 11) is 1.47. The van der Waals surface area contributed by atoms with Crippen molar-refractivity contribution in [1.82, 2.24) is 4.40 Å². The third kappa shape index (κ3) is 1.69. The fraction of sp³-hybridized carbons (Fsp3) is 0.0588. The lowest BCUT2D eigenvalue weighted by atomic mass is 10.2. The van der Waals surface area contributed by atoms with Crippen LogP contribution in [-0.4, -0.2) is 11.5 Å². The molecule has 0 unspecified atom stereocenters. The number of benzene rings is 2. The van der Waals surface area contributed by atoms with Gasteiger partial charge >= 0.3 is 5.69 Å². The van der Waals surface area contributed by atoms with Crippen molar-refractivity contribution in [3.63, 3.8) is 0 Å². The Kier molecular flexibility index (Phi) is 2.63. The van der Waals surface area contributed by atoms with Gasteiger partial charge in [-0.15, -0.1) is 0 Å². The van der Waals surface area contributed by atoms with Gasteiger partial charge < -0.3 is 4.74 Å². The summed E-state index contributed by atoms with van der Waals surface area (Å²) < 4.78 is 22.1. The van der Waals surface area contributed by atoms with Gasteiger partial charge in [-0.05, 0) is 24.3 Å². The number of rotatable bonds is 2. The zero-order valence-corrected chi connectivity index (χ0v) is 11.8. The van der Waals surface area contributed by atoms with Crippen molar-refractivity contribution in [1.29, 1.82) is 0 Å². The van der Waals surface area contributed by atoms with Crippen LogP contribution in [0.3, 0.4) is 0 Å². The molecule has 5 heteroatoms. The van der Waals surface area contributed by atoms with Crippen molar-refractivity contribution in [3.8, 4) is 11.4 Å². The molecule has 0 amide bonds. The standard InChI is InChI=1S/C17H12FN2O2/c1-22-13-5-6-15(14(18)9-13)20-10-12-4-2-3-11-7-8-19(16(11)12)17(20)21/h2-10H,1H3/q+1. The molecule has 2 heterocycles. The molecule has 0 saturated carbocycles. The lowest BCUT2D eigenvalue weighted by molar-refractivity contribution is -0.616. The first-order valence-electron chi connectivity index (χ1n) is 6.81. The highest BCUT2D eigenvalue weighted by atomic mass is 19.1. The highest BCUT2D eigenvalue weighted by Crippen LogP contribution is 2.20. The van der Waals surface area contributed by atoms with Gasteiger partial charge in [0.1, 0.15) is 18.1 Å². The van der Waals surface area contributed by atoms with Crippen LogP contribution < -0.4 is 15.0 Å². The van der Waals surface area contributed by atoms with E-state index in [1.807, 2.05) is 24.3 Å². The van der Waals surface area contributed by atoms with E-state index in [1.165, 1.54) is 28.2 Å². The second-order valence-corrected chi connectivity index (χ2v) is 5.07. The number of hydrogen-bond donors (Lipinski definition) is 0. The van der Waals surface area contributed by atoms with Gasteiger partial charge in [0, 0.05) is 11.5 Å². The zero-order chi connectivity index (χ0) is 15.3. The molecule has 0 atom stereocenters. The molecule has 0 radical (unpaired) electrons. The van der Waals surface area contributed by atoms with Crippen LogP contribution in [0, 0.1) is 5.82 Å². The Hall–Kier alpha value is -2.95. The molecule has 0 aliphatic rings. The zero-order valence-electron chi connectivity index (χ0n) is 11.8. The van der Waals surface area contributed by atoms with Gasteiger partial charge in [-0.25, -0.2) is 4.39 Å². The molecule has 0 spiro atoms. The summed E-state index contributed by atoms with van der Waals surface area (Å²) in [5, 5.41) is 1.86. The number of halogens is 1. The van der Waals surface area contributed by atoms with Crippen molar-refractivity contribution in [2.24, 2.45) is 0 Å². The summed E-state index contributed by atoms with van der Waals surface area (Å²) in [4.78, 5) is 12.6. The van der Waals surface area contributed by atoms with E-state index in [0.29, 0.717) is 5.75 Å². The Bertz CT molecular complexity index is 1060. The first-order chi connectivity index (χ1) is 10.7.